The van der Waals surface area contributed by atoms with Crippen LogP contribution in [0.25, 0.3) is 21.0 Å². The average molecular weight is 389 g/mol. The fraction of sp³-hybridized carbons (Fsp3) is 0.316. The molecule has 1 N–H and O–H groups in total. The van der Waals surface area contributed by atoms with Gasteiger partial charge in [0.05, 0.1) is 22.7 Å². The second kappa shape index (κ2) is 7.17. The lowest BCUT2D eigenvalue weighted by Gasteiger charge is -2.20. The van der Waals surface area contributed by atoms with Gasteiger partial charge in [0.15, 0.2) is 0 Å². The molecule has 2 heterocycles. The van der Waals surface area contributed by atoms with E-state index >= 15 is 0 Å². The Morgan fingerprint density at radius 2 is 2.08 bits per heavy atom. The molecule has 0 spiro atoms. The molecule has 3 aromatic rings. The van der Waals surface area contributed by atoms with Crippen molar-refractivity contribution in [2.75, 3.05) is 6.61 Å². The zero-order chi connectivity index (χ0) is 18.9. The first-order valence-electron chi connectivity index (χ1n) is 8.11. The number of benzene rings is 1. The van der Waals surface area contributed by atoms with Gasteiger partial charge in [-0.2, -0.15) is 0 Å². The van der Waals surface area contributed by atoms with E-state index in [4.69, 9.17) is 4.74 Å². The molecule has 5 nitrogen and oxygen atoms in total. The van der Waals surface area contributed by atoms with Gasteiger partial charge in [0, 0.05) is 17.3 Å². The first-order valence-corrected chi connectivity index (χ1v) is 9.81. The number of carboxylic acids is 1. The summed E-state index contributed by atoms with van der Waals surface area (Å²) in [7, 11) is 0. The van der Waals surface area contributed by atoms with Crippen LogP contribution in [0.3, 0.4) is 0 Å². The van der Waals surface area contributed by atoms with Crippen LogP contribution in [0.1, 0.15) is 36.1 Å². The molecule has 0 aliphatic carbocycles. The van der Waals surface area contributed by atoms with Crippen LogP contribution >= 0.6 is 22.7 Å². The molecule has 0 saturated carbocycles. The van der Waals surface area contributed by atoms with Crippen molar-refractivity contribution in [1.29, 1.82) is 0 Å². The molecule has 0 saturated heterocycles. The summed E-state index contributed by atoms with van der Waals surface area (Å²) >= 11 is 2.72. The number of carboxylic acid groups (broad SMARTS) is 1. The van der Waals surface area contributed by atoms with Crippen LogP contribution in [0, 0.1) is 12.3 Å². The van der Waals surface area contributed by atoms with Crippen LogP contribution in [-0.2, 0) is 0 Å². The van der Waals surface area contributed by atoms with Gasteiger partial charge in [-0.3, -0.25) is 4.98 Å². The van der Waals surface area contributed by atoms with E-state index in [0.717, 1.165) is 21.8 Å². The van der Waals surface area contributed by atoms with Crippen molar-refractivity contribution >= 4 is 28.6 Å². The third-order valence-electron chi connectivity index (χ3n) is 3.58. The number of carbonyl (C=O) groups is 1. The third kappa shape index (κ3) is 4.11. The minimum absolute atomic E-state index is 0.0481. The van der Waals surface area contributed by atoms with E-state index in [-0.39, 0.29) is 10.3 Å². The average Bonchev–Trinajstić information content (AvgIpc) is 3.21. The molecule has 0 aliphatic heterocycles. The number of aryl methyl sites for hydroxylation is 1. The van der Waals surface area contributed by atoms with Crippen molar-refractivity contribution in [3.63, 3.8) is 0 Å². The topological polar surface area (TPSA) is 72.3 Å². The maximum Gasteiger partial charge on any atom is 0.347 e. The van der Waals surface area contributed by atoms with E-state index in [9.17, 15) is 9.90 Å². The van der Waals surface area contributed by atoms with Gasteiger partial charge in [0.1, 0.15) is 15.6 Å². The van der Waals surface area contributed by atoms with Gasteiger partial charge in [-0.1, -0.05) is 20.8 Å². The number of thiazole rings is 2. The third-order valence-corrected chi connectivity index (χ3v) is 5.58. The smallest absolute Gasteiger partial charge is 0.347 e. The summed E-state index contributed by atoms with van der Waals surface area (Å²) in [6, 6.07) is 5.84. The van der Waals surface area contributed by atoms with Crippen molar-refractivity contribution in [3.05, 3.63) is 40.5 Å². The van der Waals surface area contributed by atoms with Crippen LogP contribution in [0.4, 0.5) is 0 Å². The maximum absolute atomic E-state index is 11.3. The molecule has 3 rings (SSSR count). The lowest BCUT2D eigenvalue weighted by atomic mass is 9.98. The van der Waals surface area contributed by atoms with Crippen molar-refractivity contribution in [2.24, 2.45) is 5.41 Å². The highest BCUT2D eigenvalue weighted by molar-refractivity contribution is 7.17. The molecule has 136 valence electrons. The predicted octanol–water partition coefficient (Wildman–Crippen LogP) is 5.37. The number of rotatable bonds is 5. The number of hydrogen-bond acceptors (Lipinski definition) is 6. The van der Waals surface area contributed by atoms with Crippen LogP contribution in [-0.4, -0.2) is 27.7 Å². The van der Waals surface area contributed by atoms with Gasteiger partial charge < -0.3 is 9.84 Å². The molecule has 7 heteroatoms. The van der Waals surface area contributed by atoms with Crippen molar-refractivity contribution in [1.82, 2.24) is 9.97 Å². The normalized spacial score (nSPS) is 11.5. The lowest BCUT2D eigenvalue weighted by Crippen LogP contribution is -2.17. The fourth-order valence-corrected chi connectivity index (χ4v) is 3.89. The van der Waals surface area contributed by atoms with E-state index in [1.807, 2.05) is 24.4 Å². The SMILES string of the molecule is Cc1nc(-c2ccc(OCC(C)(C)C)c(-c3cncs3)c2)sc1C(=O)O. The Balaban J connectivity index is 2.02. The van der Waals surface area contributed by atoms with Crippen LogP contribution in [0.15, 0.2) is 29.9 Å². The molecular formula is C19H20N2O3S2. The van der Waals surface area contributed by atoms with E-state index in [1.54, 1.807) is 12.4 Å². The first-order chi connectivity index (χ1) is 12.2. The summed E-state index contributed by atoms with van der Waals surface area (Å²) in [5.41, 5.74) is 4.18. The molecule has 0 radical (unpaired) electrons. The highest BCUT2D eigenvalue weighted by Gasteiger charge is 2.18. The summed E-state index contributed by atoms with van der Waals surface area (Å²) in [6.45, 7) is 8.69. The van der Waals surface area contributed by atoms with E-state index in [0.29, 0.717) is 17.3 Å². The fourth-order valence-electron chi connectivity index (χ4n) is 2.34. The summed E-state index contributed by atoms with van der Waals surface area (Å²) in [5.74, 6) is -0.154. The highest BCUT2D eigenvalue weighted by Crippen LogP contribution is 2.38. The summed E-state index contributed by atoms with van der Waals surface area (Å²) in [6.07, 6.45) is 1.81. The minimum atomic E-state index is -0.945. The molecule has 26 heavy (non-hydrogen) atoms. The molecular weight excluding hydrogens is 368 g/mol. The number of ether oxygens (including phenoxy) is 1. The number of aromatic carboxylic acids is 1. The predicted molar refractivity (Wildman–Crippen MR) is 105 cm³/mol. The largest absolute Gasteiger partial charge is 0.492 e. The number of nitrogens with zero attached hydrogens (tertiary/aromatic N) is 2. The maximum atomic E-state index is 11.3. The Morgan fingerprint density at radius 1 is 1.31 bits per heavy atom. The van der Waals surface area contributed by atoms with Gasteiger partial charge >= 0.3 is 5.97 Å². The molecule has 0 bridgehead atoms. The summed E-state index contributed by atoms with van der Waals surface area (Å²) in [5, 5.41) is 9.95. The molecule has 0 amide bonds. The lowest BCUT2D eigenvalue weighted by molar-refractivity contribution is 0.0701. The molecule has 2 aromatic heterocycles. The number of aromatic nitrogens is 2. The molecule has 1 aromatic carbocycles. The van der Waals surface area contributed by atoms with Crippen LogP contribution in [0.2, 0.25) is 0 Å². The Labute approximate surface area is 160 Å². The molecule has 0 unspecified atom stereocenters. The Hall–Kier alpha value is -2.25. The first kappa shape index (κ1) is 18.5. The van der Waals surface area contributed by atoms with Gasteiger partial charge in [-0.05, 0) is 30.5 Å². The Morgan fingerprint density at radius 3 is 2.65 bits per heavy atom. The standard InChI is InChI=1S/C19H20N2O3S2/c1-11-16(18(22)23)26-17(21-11)12-5-6-14(24-9-19(2,3)4)13(7-12)15-8-20-10-25-15/h5-8,10H,9H2,1-4H3,(H,22,23). The zero-order valence-electron chi connectivity index (χ0n) is 15.1. The van der Waals surface area contributed by atoms with Crippen molar-refractivity contribution < 1.29 is 14.6 Å². The van der Waals surface area contributed by atoms with Crippen LogP contribution < -0.4 is 4.74 Å². The molecule has 0 atom stereocenters. The molecule has 0 fully saturated rings. The monoisotopic (exact) mass is 388 g/mol. The Bertz CT molecular complexity index is 925. The van der Waals surface area contributed by atoms with E-state index in [2.05, 4.69) is 30.7 Å². The summed E-state index contributed by atoms with van der Waals surface area (Å²) in [4.78, 5) is 21.2. The van der Waals surface area contributed by atoms with E-state index < -0.39 is 5.97 Å². The van der Waals surface area contributed by atoms with Gasteiger partial charge in [0.2, 0.25) is 0 Å². The van der Waals surface area contributed by atoms with E-state index in [1.165, 1.54) is 22.7 Å². The zero-order valence-corrected chi connectivity index (χ0v) is 16.7. The van der Waals surface area contributed by atoms with Gasteiger partial charge in [-0.15, -0.1) is 22.7 Å². The van der Waals surface area contributed by atoms with Gasteiger partial charge in [0.25, 0.3) is 0 Å². The van der Waals surface area contributed by atoms with Crippen molar-refractivity contribution in [3.8, 4) is 26.8 Å². The van der Waals surface area contributed by atoms with Gasteiger partial charge in [-0.25, -0.2) is 9.78 Å². The second-order valence-corrected chi connectivity index (χ2v) is 9.05. The highest BCUT2D eigenvalue weighted by atomic mass is 32.1. The summed E-state index contributed by atoms with van der Waals surface area (Å²) < 4.78 is 6.05. The van der Waals surface area contributed by atoms with Crippen LogP contribution in [0.5, 0.6) is 5.75 Å². The van der Waals surface area contributed by atoms with Crippen molar-refractivity contribution in [2.45, 2.75) is 27.7 Å². The second-order valence-electron chi connectivity index (χ2n) is 7.16. The Kier molecular flexibility index (Phi) is 5.11. The molecule has 0 aliphatic rings. The minimum Gasteiger partial charge on any atom is -0.492 e. The quantitative estimate of drug-likeness (QED) is 0.636. The number of hydrogen-bond donors (Lipinski definition) is 1.